The molecule has 5 nitrogen and oxygen atoms in total. The second-order valence-electron chi connectivity index (χ2n) is 6.76. The van der Waals surface area contributed by atoms with Crippen molar-refractivity contribution in [3.63, 3.8) is 0 Å². The molecule has 6 heteroatoms. The third kappa shape index (κ3) is 5.30. The van der Waals surface area contributed by atoms with Crippen LogP contribution >= 0.6 is 11.3 Å². The van der Waals surface area contributed by atoms with Gasteiger partial charge in [-0.05, 0) is 36.1 Å². The van der Waals surface area contributed by atoms with Crippen LogP contribution in [-0.4, -0.2) is 55.0 Å². The number of rotatable bonds is 7. The van der Waals surface area contributed by atoms with Gasteiger partial charge in [-0.3, -0.25) is 14.6 Å². The van der Waals surface area contributed by atoms with Gasteiger partial charge in [-0.25, -0.2) is 0 Å². The molecule has 1 fully saturated rings. The predicted octanol–water partition coefficient (Wildman–Crippen LogP) is 2.58. The van der Waals surface area contributed by atoms with Gasteiger partial charge >= 0.3 is 0 Å². The Balaban J connectivity index is 1.44. The standard InChI is InChI=1S/C20H27N3O2S/c1-16-13-22(14-17-5-3-6-18(11-17)25-2)8-9-23(16)15-20(24)21-12-19-7-4-10-26-19/h3-7,10-11,16H,8-9,12-15H2,1-2H3,(H,21,24)/t16-/m0/s1. The highest BCUT2D eigenvalue weighted by molar-refractivity contribution is 7.09. The third-order valence-corrected chi connectivity index (χ3v) is 5.65. The Bertz CT molecular complexity index is 705. The van der Waals surface area contributed by atoms with E-state index in [9.17, 15) is 4.79 Å². The fraction of sp³-hybridized carbons (Fsp3) is 0.450. The van der Waals surface area contributed by atoms with Crippen LogP contribution in [-0.2, 0) is 17.9 Å². The first-order valence-electron chi connectivity index (χ1n) is 9.02. The predicted molar refractivity (Wildman–Crippen MR) is 105 cm³/mol. The SMILES string of the molecule is COc1cccc(CN2CCN(CC(=O)NCc3cccs3)[C@@H](C)C2)c1. The van der Waals surface area contributed by atoms with Gasteiger partial charge in [-0.2, -0.15) is 0 Å². The minimum atomic E-state index is 0.103. The molecule has 0 spiro atoms. The zero-order chi connectivity index (χ0) is 18.4. The molecule has 1 saturated heterocycles. The van der Waals surface area contributed by atoms with Gasteiger partial charge in [0.05, 0.1) is 20.2 Å². The number of benzene rings is 1. The van der Waals surface area contributed by atoms with Crippen molar-refractivity contribution in [2.75, 3.05) is 33.3 Å². The van der Waals surface area contributed by atoms with E-state index in [0.717, 1.165) is 31.9 Å². The van der Waals surface area contributed by atoms with Gasteiger partial charge in [-0.15, -0.1) is 11.3 Å². The number of ether oxygens (including phenoxy) is 1. The highest BCUT2D eigenvalue weighted by Gasteiger charge is 2.25. The lowest BCUT2D eigenvalue weighted by Crippen LogP contribution is -2.53. The monoisotopic (exact) mass is 373 g/mol. The minimum Gasteiger partial charge on any atom is -0.497 e. The fourth-order valence-corrected chi connectivity index (χ4v) is 3.96. The van der Waals surface area contributed by atoms with Crippen molar-refractivity contribution < 1.29 is 9.53 Å². The molecule has 3 rings (SSSR count). The van der Waals surface area contributed by atoms with E-state index in [4.69, 9.17) is 4.74 Å². The molecular formula is C20H27N3O2S. The van der Waals surface area contributed by atoms with Crippen LogP contribution in [0, 0.1) is 0 Å². The maximum atomic E-state index is 12.2. The van der Waals surface area contributed by atoms with Crippen LogP contribution in [0.2, 0.25) is 0 Å². The summed E-state index contributed by atoms with van der Waals surface area (Å²) in [6.45, 7) is 7.07. The van der Waals surface area contributed by atoms with Crippen molar-refractivity contribution in [2.24, 2.45) is 0 Å². The Morgan fingerprint density at radius 2 is 2.19 bits per heavy atom. The molecule has 1 aliphatic rings. The number of nitrogens with one attached hydrogen (secondary N) is 1. The summed E-state index contributed by atoms with van der Waals surface area (Å²) in [6, 6.07) is 12.7. The van der Waals surface area contributed by atoms with E-state index in [1.165, 1.54) is 10.4 Å². The number of thiophene rings is 1. The molecule has 2 heterocycles. The Morgan fingerprint density at radius 3 is 2.92 bits per heavy atom. The third-order valence-electron chi connectivity index (χ3n) is 4.78. The Hall–Kier alpha value is -1.89. The van der Waals surface area contributed by atoms with Gasteiger partial charge in [0.15, 0.2) is 0 Å². The van der Waals surface area contributed by atoms with Crippen molar-refractivity contribution in [3.8, 4) is 5.75 Å². The van der Waals surface area contributed by atoms with Gasteiger partial charge in [-0.1, -0.05) is 18.2 Å². The molecule has 1 aromatic carbocycles. The zero-order valence-electron chi connectivity index (χ0n) is 15.5. The number of piperazine rings is 1. The van der Waals surface area contributed by atoms with Crippen molar-refractivity contribution in [1.82, 2.24) is 15.1 Å². The van der Waals surface area contributed by atoms with Gasteiger partial charge in [0, 0.05) is 37.1 Å². The zero-order valence-corrected chi connectivity index (χ0v) is 16.3. The summed E-state index contributed by atoms with van der Waals surface area (Å²) in [5, 5.41) is 5.05. The first kappa shape index (κ1) is 18.9. The molecule has 0 saturated carbocycles. The van der Waals surface area contributed by atoms with Crippen molar-refractivity contribution in [2.45, 2.75) is 26.1 Å². The average Bonchev–Trinajstić information content (AvgIpc) is 3.16. The molecule has 0 aliphatic carbocycles. The fourth-order valence-electron chi connectivity index (χ4n) is 3.32. The summed E-state index contributed by atoms with van der Waals surface area (Å²) in [7, 11) is 1.70. The van der Waals surface area contributed by atoms with Crippen molar-refractivity contribution in [3.05, 3.63) is 52.2 Å². The summed E-state index contributed by atoms with van der Waals surface area (Å²) in [4.78, 5) is 18.1. The number of hydrogen-bond acceptors (Lipinski definition) is 5. The Kier molecular flexibility index (Phi) is 6.66. The van der Waals surface area contributed by atoms with Crippen LogP contribution in [0.15, 0.2) is 41.8 Å². The van der Waals surface area contributed by atoms with E-state index in [-0.39, 0.29) is 5.91 Å². The van der Waals surface area contributed by atoms with E-state index in [1.54, 1.807) is 18.4 Å². The molecule has 1 amide bonds. The largest absolute Gasteiger partial charge is 0.497 e. The first-order valence-corrected chi connectivity index (χ1v) is 9.90. The van der Waals surface area contributed by atoms with Crippen LogP contribution in [0.1, 0.15) is 17.4 Å². The van der Waals surface area contributed by atoms with Crippen molar-refractivity contribution >= 4 is 17.2 Å². The van der Waals surface area contributed by atoms with E-state index < -0.39 is 0 Å². The molecule has 0 bridgehead atoms. The Labute approximate surface area is 159 Å². The van der Waals surface area contributed by atoms with Gasteiger partial charge in [0.25, 0.3) is 0 Å². The highest BCUT2D eigenvalue weighted by Crippen LogP contribution is 2.17. The molecule has 1 atom stereocenters. The molecular weight excluding hydrogens is 346 g/mol. The smallest absolute Gasteiger partial charge is 0.234 e. The molecule has 0 radical (unpaired) electrons. The quantitative estimate of drug-likeness (QED) is 0.810. The van der Waals surface area contributed by atoms with E-state index in [0.29, 0.717) is 19.1 Å². The summed E-state index contributed by atoms with van der Waals surface area (Å²) >= 11 is 1.67. The maximum Gasteiger partial charge on any atom is 0.234 e. The number of methoxy groups -OCH3 is 1. The minimum absolute atomic E-state index is 0.103. The summed E-state index contributed by atoms with van der Waals surface area (Å²) < 4.78 is 5.31. The highest BCUT2D eigenvalue weighted by atomic mass is 32.1. The number of amides is 1. The van der Waals surface area contributed by atoms with Crippen LogP contribution < -0.4 is 10.1 Å². The van der Waals surface area contributed by atoms with Crippen molar-refractivity contribution in [1.29, 1.82) is 0 Å². The maximum absolute atomic E-state index is 12.2. The lowest BCUT2D eigenvalue weighted by Gasteiger charge is -2.39. The molecule has 26 heavy (non-hydrogen) atoms. The molecule has 1 N–H and O–H groups in total. The summed E-state index contributed by atoms with van der Waals surface area (Å²) in [6.07, 6.45) is 0. The normalized spacial score (nSPS) is 18.6. The summed E-state index contributed by atoms with van der Waals surface area (Å²) in [5.41, 5.74) is 1.26. The topological polar surface area (TPSA) is 44.8 Å². The Morgan fingerprint density at radius 1 is 1.31 bits per heavy atom. The molecule has 1 aromatic heterocycles. The molecule has 1 aliphatic heterocycles. The van der Waals surface area contributed by atoms with E-state index >= 15 is 0 Å². The van der Waals surface area contributed by atoms with Crippen LogP contribution in [0.3, 0.4) is 0 Å². The second kappa shape index (κ2) is 9.16. The first-order chi connectivity index (χ1) is 12.6. The van der Waals surface area contributed by atoms with E-state index in [1.807, 2.05) is 29.6 Å². The van der Waals surface area contributed by atoms with Crippen LogP contribution in [0.25, 0.3) is 0 Å². The van der Waals surface area contributed by atoms with Crippen LogP contribution in [0.5, 0.6) is 5.75 Å². The second-order valence-corrected chi connectivity index (χ2v) is 7.79. The van der Waals surface area contributed by atoms with Crippen LogP contribution in [0.4, 0.5) is 0 Å². The number of hydrogen-bond donors (Lipinski definition) is 1. The van der Waals surface area contributed by atoms with E-state index in [2.05, 4.69) is 34.2 Å². The lowest BCUT2D eigenvalue weighted by atomic mass is 10.1. The summed E-state index contributed by atoms with van der Waals surface area (Å²) in [5.74, 6) is 1.00. The number of carbonyl (C=O) groups is 1. The van der Waals surface area contributed by atoms with Gasteiger partial charge < -0.3 is 10.1 Å². The van der Waals surface area contributed by atoms with Gasteiger partial charge in [0.2, 0.25) is 5.91 Å². The molecule has 0 unspecified atom stereocenters. The molecule has 140 valence electrons. The lowest BCUT2D eigenvalue weighted by molar-refractivity contribution is -0.123. The molecule has 2 aromatic rings. The number of carbonyl (C=O) groups excluding carboxylic acids is 1. The average molecular weight is 374 g/mol. The number of nitrogens with zero attached hydrogens (tertiary/aromatic N) is 2. The van der Waals surface area contributed by atoms with Gasteiger partial charge in [0.1, 0.15) is 5.75 Å².